The van der Waals surface area contributed by atoms with E-state index >= 15 is 0 Å². The second-order valence-electron chi connectivity index (χ2n) is 3.79. The fraction of sp³-hybridized carbons (Fsp3) is 0.417. The van der Waals surface area contributed by atoms with Crippen molar-refractivity contribution in [2.45, 2.75) is 25.5 Å². The lowest BCUT2D eigenvalue weighted by Crippen LogP contribution is -2.20. The number of benzene rings is 1. The van der Waals surface area contributed by atoms with Crippen LogP contribution in [0.15, 0.2) is 18.2 Å². The minimum Gasteiger partial charge on any atom is -0.293 e. The molecule has 2 atom stereocenters. The molecule has 1 aromatic rings. The van der Waals surface area contributed by atoms with E-state index in [0.717, 1.165) is 12.1 Å². The van der Waals surface area contributed by atoms with Crippen LogP contribution in [0.1, 0.15) is 30.6 Å². The van der Waals surface area contributed by atoms with E-state index in [0.29, 0.717) is 12.5 Å². The molecule has 94 valence electrons. The zero-order chi connectivity index (χ0) is 13.0. The van der Waals surface area contributed by atoms with Crippen molar-refractivity contribution in [3.8, 4) is 0 Å². The highest BCUT2D eigenvalue weighted by atomic mass is 32.2. The summed E-state index contributed by atoms with van der Waals surface area (Å²) in [6.07, 6.45) is 0.686. The first-order chi connectivity index (χ1) is 7.95. The number of ketones is 1. The first kappa shape index (κ1) is 14.0. The molecule has 0 radical (unpaired) electrons. The van der Waals surface area contributed by atoms with Gasteiger partial charge in [-0.05, 0) is 18.6 Å². The quantitative estimate of drug-likeness (QED) is 0.763. The van der Waals surface area contributed by atoms with E-state index in [1.165, 1.54) is 0 Å². The zero-order valence-corrected chi connectivity index (χ0v) is 10.5. The molecule has 0 saturated heterocycles. The van der Waals surface area contributed by atoms with Crippen molar-refractivity contribution in [1.29, 1.82) is 0 Å². The van der Waals surface area contributed by atoms with Crippen molar-refractivity contribution in [1.82, 2.24) is 0 Å². The maximum absolute atomic E-state index is 13.3. The first-order valence-electron chi connectivity index (χ1n) is 5.31. The maximum Gasteiger partial charge on any atom is 0.178 e. The number of hydrogen-bond acceptors (Lipinski definition) is 2. The molecule has 5 heteroatoms. The van der Waals surface area contributed by atoms with Gasteiger partial charge in [-0.15, -0.1) is 0 Å². The van der Waals surface area contributed by atoms with Gasteiger partial charge in [0.05, 0.1) is 11.3 Å². The molecule has 0 heterocycles. The Hall–Kier alpha value is -1.10. The number of halogens is 2. The second-order valence-corrected chi connectivity index (χ2v) is 5.65. The summed E-state index contributed by atoms with van der Waals surface area (Å²) < 4.78 is 37.5. The third-order valence-electron chi connectivity index (χ3n) is 2.53. The number of hydrogen-bond donors (Lipinski definition) is 0. The Kier molecular flexibility index (Phi) is 4.93. The summed E-state index contributed by atoms with van der Waals surface area (Å²) in [4.78, 5) is 11.7. The van der Waals surface area contributed by atoms with E-state index < -0.39 is 28.2 Å². The minimum absolute atomic E-state index is 0.109. The van der Waals surface area contributed by atoms with Crippen molar-refractivity contribution in [2.75, 3.05) is 5.75 Å². The van der Waals surface area contributed by atoms with Crippen LogP contribution in [-0.2, 0) is 10.8 Å². The third-order valence-corrected chi connectivity index (χ3v) is 4.31. The molecular weight excluding hydrogens is 246 g/mol. The van der Waals surface area contributed by atoms with Gasteiger partial charge in [-0.2, -0.15) is 0 Å². The standard InChI is InChI=1S/C12H14F2O2S/c1-3-8(2)17(16)7-12(15)10-5-4-9(13)6-11(10)14/h4-6,8H,3,7H2,1-2H3. The topological polar surface area (TPSA) is 34.1 Å². The summed E-state index contributed by atoms with van der Waals surface area (Å²) in [6.45, 7) is 3.63. The molecule has 0 aliphatic rings. The van der Waals surface area contributed by atoms with Crippen LogP contribution in [0.5, 0.6) is 0 Å². The van der Waals surface area contributed by atoms with Gasteiger partial charge in [0.1, 0.15) is 11.6 Å². The monoisotopic (exact) mass is 260 g/mol. The van der Waals surface area contributed by atoms with Crippen LogP contribution in [0, 0.1) is 11.6 Å². The lowest BCUT2D eigenvalue weighted by molar-refractivity contribution is 0.101. The molecule has 0 N–H and O–H groups in total. The van der Waals surface area contributed by atoms with E-state index in [2.05, 4.69) is 0 Å². The Bertz CT molecular complexity index is 446. The highest BCUT2D eigenvalue weighted by molar-refractivity contribution is 7.86. The average molecular weight is 260 g/mol. The normalized spacial score (nSPS) is 14.4. The van der Waals surface area contributed by atoms with E-state index in [1.54, 1.807) is 6.92 Å². The Morgan fingerprint density at radius 1 is 1.41 bits per heavy atom. The van der Waals surface area contributed by atoms with E-state index in [1.807, 2.05) is 6.92 Å². The number of carbonyl (C=O) groups is 1. The summed E-state index contributed by atoms with van der Waals surface area (Å²) in [5.41, 5.74) is -0.206. The molecule has 2 unspecified atom stereocenters. The van der Waals surface area contributed by atoms with Gasteiger partial charge in [-0.1, -0.05) is 13.8 Å². The Labute approximate surface area is 101 Å². The molecule has 0 fully saturated rings. The van der Waals surface area contributed by atoms with Gasteiger partial charge < -0.3 is 0 Å². The average Bonchev–Trinajstić information content (AvgIpc) is 2.27. The third kappa shape index (κ3) is 3.70. The van der Waals surface area contributed by atoms with Crippen LogP contribution < -0.4 is 0 Å². The Morgan fingerprint density at radius 3 is 2.59 bits per heavy atom. The van der Waals surface area contributed by atoms with Crippen molar-refractivity contribution < 1.29 is 17.8 Å². The first-order valence-corrected chi connectivity index (χ1v) is 6.69. The fourth-order valence-corrected chi connectivity index (χ4v) is 2.32. The number of rotatable bonds is 5. The fourth-order valence-electron chi connectivity index (χ4n) is 1.25. The maximum atomic E-state index is 13.3. The summed E-state index contributed by atoms with van der Waals surface area (Å²) >= 11 is 0. The van der Waals surface area contributed by atoms with Crippen molar-refractivity contribution in [3.05, 3.63) is 35.4 Å². The molecule has 0 aromatic heterocycles. The van der Waals surface area contributed by atoms with Crippen LogP contribution in [-0.4, -0.2) is 21.0 Å². The largest absolute Gasteiger partial charge is 0.293 e. The molecule has 0 amide bonds. The summed E-state index contributed by atoms with van der Waals surface area (Å²) in [6, 6.07) is 2.75. The van der Waals surface area contributed by atoms with Crippen LogP contribution in [0.4, 0.5) is 8.78 Å². The molecule has 1 rings (SSSR count). The minimum atomic E-state index is -1.32. The lowest BCUT2D eigenvalue weighted by atomic mass is 10.1. The molecule has 0 aliphatic heterocycles. The molecule has 0 spiro atoms. The SMILES string of the molecule is CCC(C)S(=O)CC(=O)c1ccc(F)cc1F. The molecule has 0 saturated carbocycles. The molecule has 2 nitrogen and oxygen atoms in total. The van der Waals surface area contributed by atoms with Gasteiger partial charge in [-0.3, -0.25) is 9.00 Å². The molecule has 1 aromatic carbocycles. The summed E-state index contributed by atoms with van der Waals surface area (Å²) in [5, 5.41) is -0.109. The number of Topliss-reactive ketones (excluding diaryl/α,β-unsaturated/α-hetero) is 1. The predicted molar refractivity (Wildman–Crippen MR) is 63.5 cm³/mol. The van der Waals surface area contributed by atoms with E-state index in [4.69, 9.17) is 0 Å². The van der Waals surface area contributed by atoms with Gasteiger partial charge in [0, 0.05) is 22.1 Å². The van der Waals surface area contributed by atoms with Gasteiger partial charge in [0.25, 0.3) is 0 Å². The van der Waals surface area contributed by atoms with Gasteiger partial charge in [-0.25, -0.2) is 8.78 Å². The zero-order valence-electron chi connectivity index (χ0n) is 9.70. The summed E-state index contributed by atoms with van der Waals surface area (Å²) in [5.74, 6) is -2.42. The molecule has 0 bridgehead atoms. The Balaban J connectivity index is 2.80. The lowest BCUT2D eigenvalue weighted by Gasteiger charge is -2.08. The Morgan fingerprint density at radius 2 is 2.06 bits per heavy atom. The van der Waals surface area contributed by atoms with Crippen LogP contribution in [0.25, 0.3) is 0 Å². The van der Waals surface area contributed by atoms with Crippen molar-refractivity contribution in [2.24, 2.45) is 0 Å². The van der Waals surface area contributed by atoms with Crippen molar-refractivity contribution >= 4 is 16.6 Å². The second kappa shape index (κ2) is 6.00. The van der Waals surface area contributed by atoms with E-state index in [-0.39, 0.29) is 16.6 Å². The van der Waals surface area contributed by atoms with Gasteiger partial charge in [0.15, 0.2) is 5.78 Å². The highest BCUT2D eigenvalue weighted by Crippen LogP contribution is 2.12. The van der Waals surface area contributed by atoms with Crippen LogP contribution in [0.3, 0.4) is 0 Å². The van der Waals surface area contributed by atoms with Gasteiger partial charge >= 0.3 is 0 Å². The molecule has 17 heavy (non-hydrogen) atoms. The van der Waals surface area contributed by atoms with Crippen LogP contribution >= 0.6 is 0 Å². The smallest absolute Gasteiger partial charge is 0.178 e. The molecule has 0 aliphatic carbocycles. The summed E-state index contributed by atoms with van der Waals surface area (Å²) in [7, 11) is -1.32. The van der Waals surface area contributed by atoms with Gasteiger partial charge in [0.2, 0.25) is 0 Å². The predicted octanol–water partition coefficient (Wildman–Crippen LogP) is 2.69. The van der Waals surface area contributed by atoms with Crippen molar-refractivity contribution in [3.63, 3.8) is 0 Å². The highest BCUT2D eigenvalue weighted by Gasteiger charge is 2.18. The van der Waals surface area contributed by atoms with E-state index in [9.17, 15) is 17.8 Å². The number of carbonyl (C=O) groups excluding carboxylic acids is 1. The van der Waals surface area contributed by atoms with Crippen LogP contribution in [0.2, 0.25) is 0 Å². The molecular formula is C12H14F2O2S.